The van der Waals surface area contributed by atoms with Gasteiger partial charge < -0.3 is 42.6 Å². The van der Waals surface area contributed by atoms with Gasteiger partial charge in [-0.25, -0.2) is 9.78 Å². The van der Waals surface area contributed by atoms with Crippen LogP contribution in [0.2, 0.25) is 0 Å². The van der Waals surface area contributed by atoms with Crippen LogP contribution in [0.4, 0.5) is 0 Å². The van der Waals surface area contributed by atoms with Gasteiger partial charge in [0.2, 0.25) is 23.6 Å². The molecule has 0 spiro atoms. The van der Waals surface area contributed by atoms with Crippen molar-refractivity contribution in [1.29, 1.82) is 0 Å². The van der Waals surface area contributed by atoms with Gasteiger partial charge in [-0.1, -0.05) is 20.3 Å². The molecule has 0 aliphatic heterocycles. The Balaban J connectivity index is 3.08. The molecule has 1 aromatic heterocycles. The molecule has 0 fully saturated rings. The highest BCUT2D eigenvalue weighted by Gasteiger charge is 2.32. The van der Waals surface area contributed by atoms with Crippen LogP contribution >= 0.6 is 0 Å². The summed E-state index contributed by atoms with van der Waals surface area (Å²) in [5.74, 6) is -4.71. The molecule has 0 bridgehead atoms. The number of carbonyl (C=O) groups excluding carboxylic acids is 4. The molecule has 14 heteroatoms. The first kappa shape index (κ1) is 28.5. The number of aliphatic hydroxyl groups is 1. The number of aromatic nitrogens is 2. The summed E-state index contributed by atoms with van der Waals surface area (Å²) >= 11 is 0. The first-order valence-electron chi connectivity index (χ1n) is 10.8. The minimum Gasteiger partial charge on any atom is -0.480 e. The van der Waals surface area contributed by atoms with Crippen LogP contribution < -0.4 is 27.4 Å². The van der Waals surface area contributed by atoms with Gasteiger partial charge in [-0.15, -0.1) is 0 Å². The Morgan fingerprint density at radius 2 is 1.74 bits per heavy atom. The van der Waals surface area contributed by atoms with Gasteiger partial charge in [0.05, 0.1) is 12.9 Å². The SMILES string of the molecule is CCC(C)C(NC(=O)C(N)CO)C(=O)NC(Cc1cnc[nH]1)C(=O)NC(CCC(N)=O)C(=O)O. The summed E-state index contributed by atoms with van der Waals surface area (Å²) in [6, 6.07) is -4.95. The lowest BCUT2D eigenvalue weighted by atomic mass is 9.97. The fourth-order valence-corrected chi connectivity index (χ4v) is 2.95. The molecule has 5 atom stereocenters. The van der Waals surface area contributed by atoms with E-state index in [1.54, 1.807) is 13.8 Å². The Labute approximate surface area is 196 Å². The van der Waals surface area contributed by atoms with Gasteiger partial charge in [0.25, 0.3) is 0 Å². The maximum Gasteiger partial charge on any atom is 0.326 e. The van der Waals surface area contributed by atoms with Crippen molar-refractivity contribution in [2.45, 2.75) is 63.7 Å². The lowest BCUT2D eigenvalue weighted by Crippen LogP contribution is -2.59. The molecule has 4 amide bonds. The van der Waals surface area contributed by atoms with E-state index in [2.05, 4.69) is 25.9 Å². The molecule has 190 valence electrons. The highest BCUT2D eigenvalue weighted by molar-refractivity contribution is 5.94. The average molecular weight is 484 g/mol. The number of carboxylic acids is 1. The fraction of sp³-hybridized carbons (Fsp3) is 0.600. The van der Waals surface area contributed by atoms with E-state index >= 15 is 0 Å². The van der Waals surface area contributed by atoms with Crippen LogP contribution in [0, 0.1) is 5.92 Å². The molecular weight excluding hydrogens is 450 g/mol. The van der Waals surface area contributed by atoms with Crippen molar-refractivity contribution in [1.82, 2.24) is 25.9 Å². The summed E-state index contributed by atoms with van der Waals surface area (Å²) in [5, 5.41) is 25.8. The maximum atomic E-state index is 13.1. The summed E-state index contributed by atoms with van der Waals surface area (Å²) in [6.07, 6.45) is 2.75. The Kier molecular flexibility index (Phi) is 11.7. The summed E-state index contributed by atoms with van der Waals surface area (Å²) in [5.41, 5.74) is 11.1. The van der Waals surface area contributed by atoms with E-state index in [1.165, 1.54) is 12.5 Å². The standard InChI is InChI=1S/C20H33N7O7/c1-3-10(2)16(27-17(30)12(21)8-28)19(32)26-14(6-11-7-23-9-24-11)18(31)25-13(20(33)34)4-5-15(22)29/h7,9-10,12-14,16,28H,3-6,8,21H2,1-2H3,(H2,22,29)(H,23,24)(H,25,31)(H,26,32)(H,27,30)(H,33,34). The third-order valence-electron chi connectivity index (χ3n) is 5.23. The van der Waals surface area contributed by atoms with E-state index in [1.807, 2.05) is 0 Å². The third-order valence-corrected chi connectivity index (χ3v) is 5.23. The molecule has 14 nitrogen and oxygen atoms in total. The molecule has 0 radical (unpaired) electrons. The molecule has 0 saturated carbocycles. The topological polar surface area (TPSA) is 243 Å². The highest BCUT2D eigenvalue weighted by Crippen LogP contribution is 2.10. The van der Waals surface area contributed by atoms with Crippen molar-refractivity contribution in [3.63, 3.8) is 0 Å². The normalized spacial score (nSPS) is 15.3. The van der Waals surface area contributed by atoms with E-state index in [0.29, 0.717) is 12.1 Å². The van der Waals surface area contributed by atoms with Crippen molar-refractivity contribution in [2.24, 2.45) is 17.4 Å². The average Bonchev–Trinajstić information content (AvgIpc) is 3.30. The number of carboxylic acid groups (broad SMARTS) is 1. The number of nitrogens with one attached hydrogen (secondary N) is 4. The molecule has 1 aromatic rings. The van der Waals surface area contributed by atoms with Crippen molar-refractivity contribution < 1.29 is 34.2 Å². The predicted octanol–water partition coefficient (Wildman–Crippen LogP) is -2.88. The van der Waals surface area contributed by atoms with Gasteiger partial charge in [-0.2, -0.15) is 0 Å². The van der Waals surface area contributed by atoms with E-state index in [4.69, 9.17) is 16.6 Å². The molecule has 0 aliphatic carbocycles. The van der Waals surface area contributed by atoms with E-state index < -0.39 is 60.4 Å². The van der Waals surface area contributed by atoms with Gasteiger partial charge in [-0.3, -0.25) is 19.2 Å². The number of hydrogen-bond donors (Lipinski definition) is 8. The predicted molar refractivity (Wildman–Crippen MR) is 119 cm³/mol. The summed E-state index contributed by atoms with van der Waals surface area (Å²) < 4.78 is 0. The monoisotopic (exact) mass is 483 g/mol. The zero-order valence-corrected chi connectivity index (χ0v) is 19.1. The quantitative estimate of drug-likeness (QED) is 0.127. The molecule has 1 rings (SSSR count). The Bertz CT molecular complexity index is 846. The Hall–Kier alpha value is -3.52. The van der Waals surface area contributed by atoms with Crippen molar-refractivity contribution in [3.8, 4) is 0 Å². The van der Waals surface area contributed by atoms with Crippen molar-refractivity contribution >= 4 is 29.6 Å². The third kappa shape index (κ3) is 9.15. The molecule has 34 heavy (non-hydrogen) atoms. The lowest BCUT2D eigenvalue weighted by Gasteiger charge is -2.27. The van der Waals surface area contributed by atoms with Crippen LogP contribution in [0.1, 0.15) is 38.8 Å². The number of carbonyl (C=O) groups is 5. The Morgan fingerprint density at radius 1 is 1.09 bits per heavy atom. The van der Waals surface area contributed by atoms with Crippen LogP contribution in [-0.4, -0.2) is 80.6 Å². The number of nitrogens with zero attached hydrogens (tertiary/aromatic N) is 1. The number of aliphatic hydroxyl groups excluding tert-OH is 1. The van der Waals surface area contributed by atoms with Gasteiger partial charge >= 0.3 is 5.97 Å². The molecule has 0 aliphatic rings. The molecule has 0 saturated heterocycles. The van der Waals surface area contributed by atoms with Gasteiger partial charge in [0.15, 0.2) is 0 Å². The molecule has 10 N–H and O–H groups in total. The highest BCUT2D eigenvalue weighted by atomic mass is 16.4. The van der Waals surface area contributed by atoms with Gasteiger partial charge in [0.1, 0.15) is 24.2 Å². The first-order chi connectivity index (χ1) is 16.0. The molecule has 0 aromatic carbocycles. The number of aliphatic carboxylic acids is 1. The maximum absolute atomic E-state index is 13.1. The Morgan fingerprint density at radius 3 is 2.24 bits per heavy atom. The summed E-state index contributed by atoms with van der Waals surface area (Å²) in [7, 11) is 0. The van der Waals surface area contributed by atoms with Crippen LogP contribution in [0.15, 0.2) is 12.5 Å². The molecular formula is C20H33N7O7. The van der Waals surface area contributed by atoms with Gasteiger partial charge in [0, 0.05) is 24.7 Å². The smallest absolute Gasteiger partial charge is 0.326 e. The van der Waals surface area contributed by atoms with Crippen LogP contribution in [0.5, 0.6) is 0 Å². The number of hydrogen-bond acceptors (Lipinski definition) is 8. The minimum atomic E-state index is -1.41. The number of imidazole rings is 1. The number of primary amides is 1. The van der Waals surface area contributed by atoms with E-state index in [0.717, 1.165) is 0 Å². The first-order valence-corrected chi connectivity index (χ1v) is 10.8. The number of rotatable bonds is 15. The fourth-order valence-electron chi connectivity index (χ4n) is 2.95. The number of H-pyrrole nitrogens is 1. The van der Waals surface area contributed by atoms with Crippen molar-refractivity contribution in [3.05, 3.63) is 18.2 Å². The number of aromatic amines is 1. The van der Waals surface area contributed by atoms with E-state index in [9.17, 15) is 29.1 Å². The zero-order valence-electron chi connectivity index (χ0n) is 19.1. The number of amides is 4. The zero-order chi connectivity index (χ0) is 25.8. The lowest BCUT2D eigenvalue weighted by molar-refractivity contribution is -0.142. The second-order valence-corrected chi connectivity index (χ2v) is 7.91. The van der Waals surface area contributed by atoms with E-state index in [-0.39, 0.29) is 25.2 Å². The molecule has 5 unspecified atom stereocenters. The number of nitrogens with two attached hydrogens (primary N) is 2. The second-order valence-electron chi connectivity index (χ2n) is 7.91. The summed E-state index contributed by atoms with van der Waals surface area (Å²) in [4.78, 5) is 67.3. The largest absolute Gasteiger partial charge is 0.480 e. The second kappa shape index (κ2) is 13.9. The minimum absolute atomic E-state index is 0.0585. The van der Waals surface area contributed by atoms with Crippen LogP contribution in [-0.2, 0) is 30.4 Å². The summed E-state index contributed by atoms with van der Waals surface area (Å²) in [6.45, 7) is 2.89. The molecule has 1 heterocycles. The van der Waals surface area contributed by atoms with Crippen LogP contribution in [0.25, 0.3) is 0 Å². The van der Waals surface area contributed by atoms with Crippen LogP contribution in [0.3, 0.4) is 0 Å². The van der Waals surface area contributed by atoms with Gasteiger partial charge in [-0.05, 0) is 12.3 Å². The van der Waals surface area contributed by atoms with Crippen molar-refractivity contribution in [2.75, 3.05) is 6.61 Å².